The molecule has 6 nitrogen and oxygen atoms in total. The lowest BCUT2D eigenvalue weighted by molar-refractivity contribution is -0.140. The van der Waals surface area contributed by atoms with E-state index in [4.69, 9.17) is 17.0 Å². The first-order valence-electron chi connectivity index (χ1n) is 8.05. The molecule has 1 unspecified atom stereocenters. The summed E-state index contributed by atoms with van der Waals surface area (Å²) >= 11 is 5.36. The van der Waals surface area contributed by atoms with Crippen LogP contribution in [0.15, 0.2) is 42.7 Å². The molecule has 0 fully saturated rings. The van der Waals surface area contributed by atoms with Gasteiger partial charge in [-0.05, 0) is 55.4 Å². The molecule has 0 saturated carbocycles. The van der Waals surface area contributed by atoms with Crippen molar-refractivity contribution < 1.29 is 9.53 Å². The third-order valence-corrected chi connectivity index (χ3v) is 3.72. The molecule has 132 valence electrons. The van der Waals surface area contributed by atoms with Gasteiger partial charge in [0.15, 0.2) is 5.11 Å². The number of carbonyl (C=O) groups excluding carboxylic acids is 1. The molecule has 0 saturated heterocycles. The van der Waals surface area contributed by atoms with Gasteiger partial charge in [0.05, 0.1) is 18.3 Å². The van der Waals surface area contributed by atoms with E-state index in [0.29, 0.717) is 11.7 Å². The summed E-state index contributed by atoms with van der Waals surface area (Å²) in [5.41, 5.74) is 3.01. The number of rotatable bonds is 7. The fourth-order valence-corrected chi connectivity index (χ4v) is 2.56. The number of esters is 1. The van der Waals surface area contributed by atoms with E-state index in [9.17, 15) is 4.79 Å². The van der Waals surface area contributed by atoms with Crippen LogP contribution in [0.1, 0.15) is 29.9 Å². The average molecular weight is 358 g/mol. The van der Waals surface area contributed by atoms with Gasteiger partial charge in [-0.1, -0.05) is 6.07 Å². The molecular weight excluding hydrogens is 336 g/mol. The van der Waals surface area contributed by atoms with Crippen molar-refractivity contribution in [3.05, 3.63) is 59.7 Å². The van der Waals surface area contributed by atoms with Crippen molar-refractivity contribution in [2.24, 2.45) is 0 Å². The van der Waals surface area contributed by atoms with E-state index in [1.807, 2.05) is 37.3 Å². The van der Waals surface area contributed by atoms with Crippen molar-refractivity contribution in [2.75, 3.05) is 13.2 Å². The Morgan fingerprint density at radius 1 is 1.28 bits per heavy atom. The number of nitrogens with one attached hydrogen (secondary N) is 2. The van der Waals surface area contributed by atoms with Gasteiger partial charge in [0.25, 0.3) is 0 Å². The van der Waals surface area contributed by atoms with Crippen molar-refractivity contribution in [3.8, 4) is 0 Å². The molecule has 2 rings (SSSR count). The van der Waals surface area contributed by atoms with Crippen molar-refractivity contribution >= 4 is 23.3 Å². The van der Waals surface area contributed by atoms with E-state index in [0.717, 1.165) is 23.4 Å². The molecule has 2 aromatic heterocycles. The summed E-state index contributed by atoms with van der Waals surface area (Å²) in [6.07, 6.45) is 4.27. The van der Waals surface area contributed by atoms with Gasteiger partial charge in [0, 0.05) is 25.0 Å². The van der Waals surface area contributed by atoms with E-state index in [2.05, 4.69) is 20.6 Å². The minimum absolute atomic E-state index is 0.0731. The summed E-state index contributed by atoms with van der Waals surface area (Å²) in [5, 5.41) is 6.83. The summed E-state index contributed by atoms with van der Waals surface area (Å²) in [5.74, 6) is -0.305. The van der Waals surface area contributed by atoms with Crippen LogP contribution in [0.25, 0.3) is 0 Å². The Labute approximate surface area is 153 Å². The number of hydrogen-bond donors (Lipinski definition) is 2. The van der Waals surface area contributed by atoms with Crippen LogP contribution in [0.2, 0.25) is 0 Å². The maximum Gasteiger partial charge on any atom is 0.302 e. The smallest absolute Gasteiger partial charge is 0.302 e. The Balaban J connectivity index is 2.01. The average Bonchev–Trinajstić information content (AvgIpc) is 2.59. The van der Waals surface area contributed by atoms with Crippen molar-refractivity contribution in [3.63, 3.8) is 0 Å². The van der Waals surface area contributed by atoms with Crippen molar-refractivity contribution in [2.45, 2.75) is 26.3 Å². The molecule has 2 heterocycles. The normalized spacial score (nSPS) is 11.4. The lowest BCUT2D eigenvalue weighted by atomic mass is 10.0. The number of nitrogens with zero attached hydrogens (tertiary/aromatic N) is 2. The fourth-order valence-electron chi connectivity index (χ4n) is 2.31. The van der Waals surface area contributed by atoms with Crippen LogP contribution in [0, 0.1) is 6.92 Å². The SMILES string of the molecule is CC(=O)OCCNC(=S)NC(Cc1ccncc1)c1cccc(C)n1. The summed E-state index contributed by atoms with van der Waals surface area (Å²) < 4.78 is 4.89. The van der Waals surface area contributed by atoms with Crippen LogP contribution in [-0.4, -0.2) is 34.2 Å². The Morgan fingerprint density at radius 2 is 2.04 bits per heavy atom. The number of thiocarbonyl (C=S) groups is 1. The lowest BCUT2D eigenvalue weighted by Gasteiger charge is -2.21. The maximum absolute atomic E-state index is 10.8. The molecule has 2 N–H and O–H groups in total. The second kappa shape index (κ2) is 9.68. The van der Waals surface area contributed by atoms with Gasteiger partial charge in [-0.15, -0.1) is 0 Å². The van der Waals surface area contributed by atoms with Crippen LogP contribution in [-0.2, 0) is 16.0 Å². The maximum atomic E-state index is 10.8. The zero-order valence-electron chi connectivity index (χ0n) is 14.4. The highest BCUT2D eigenvalue weighted by atomic mass is 32.1. The molecule has 0 bridgehead atoms. The molecule has 0 aromatic carbocycles. The molecule has 2 aromatic rings. The lowest BCUT2D eigenvalue weighted by Crippen LogP contribution is -2.40. The monoisotopic (exact) mass is 358 g/mol. The highest BCUT2D eigenvalue weighted by Crippen LogP contribution is 2.16. The largest absolute Gasteiger partial charge is 0.464 e. The summed E-state index contributed by atoms with van der Waals surface area (Å²) in [4.78, 5) is 19.4. The molecule has 25 heavy (non-hydrogen) atoms. The van der Waals surface area contributed by atoms with Crippen LogP contribution in [0.3, 0.4) is 0 Å². The molecule has 0 aliphatic carbocycles. The predicted molar refractivity (Wildman–Crippen MR) is 100 cm³/mol. The number of aromatic nitrogens is 2. The highest BCUT2D eigenvalue weighted by Gasteiger charge is 2.15. The molecule has 0 aliphatic heterocycles. The fraction of sp³-hybridized carbons (Fsp3) is 0.333. The van der Waals surface area contributed by atoms with E-state index in [1.54, 1.807) is 12.4 Å². The van der Waals surface area contributed by atoms with Gasteiger partial charge in [-0.3, -0.25) is 14.8 Å². The third kappa shape index (κ3) is 6.84. The zero-order chi connectivity index (χ0) is 18.1. The van der Waals surface area contributed by atoms with E-state index >= 15 is 0 Å². The Kier molecular flexibility index (Phi) is 7.28. The Morgan fingerprint density at radius 3 is 2.72 bits per heavy atom. The first-order valence-corrected chi connectivity index (χ1v) is 8.45. The Bertz CT molecular complexity index is 709. The molecule has 0 aliphatic rings. The van der Waals surface area contributed by atoms with Crippen LogP contribution in [0.4, 0.5) is 0 Å². The molecule has 7 heteroatoms. The number of ether oxygens (including phenoxy) is 1. The standard InChI is InChI=1S/C18H22N4O2S/c1-13-4-3-5-16(21-13)17(12-15-6-8-19-9-7-15)22-18(25)20-10-11-24-14(2)23/h3-9,17H,10-12H2,1-2H3,(H2,20,22,25). The Hall–Kier alpha value is -2.54. The first kappa shape index (κ1) is 18.8. The quantitative estimate of drug-likeness (QED) is 0.446. The van der Waals surface area contributed by atoms with E-state index < -0.39 is 0 Å². The number of aryl methyl sites for hydroxylation is 1. The zero-order valence-corrected chi connectivity index (χ0v) is 15.2. The second-order valence-corrected chi connectivity index (χ2v) is 5.96. The van der Waals surface area contributed by atoms with Crippen LogP contribution >= 0.6 is 12.2 Å². The molecule has 0 spiro atoms. The molecule has 0 amide bonds. The highest BCUT2D eigenvalue weighted by molar-refractivity contribution is 7.80. The molecule has 0 radical (unpaired) electrons. The van der Waals surface area contributed by atoms with Gasteiger partial charge in [-0.2, -0.15) is 0 Å². The first-order chi connectivity index (χ1) is 12.0. The number of carbonyl (C=O) groups is 1. The van der Waals surface area contributed by atoms with Gasteiger partial charge in [0.2, 0.25) is 0 Å². The summed E-state index contributed by atoms with van der Waals surface area (Å²) in [6.45, 7) is 4.07. The number of pyridine rings is 2. The van der Waals surface area contributed by atoms with Gasteiger partial charge >= 0.3 is 5.97 Å². The minimum Gasteiger partial charge on any atom is -0.464 e. The van der Waals surface area contributed by atoms with Gasteiger partial charge < -0.3 is 15.4 Å². The van der Waals surface area contributed by atoms with E-state index in [-0.39, 0.29) is 18.6 Å². The molecular formula is C18H22N4O2S. The summed E-state index contributed by atoms with van der Waals surface area (Å²) in [6, 6.07) is 9.80. The molecule has 1 atom stereocenters. The van der Waals surface area contributed by atoms with Crippen molar-refractivity contribution in [1.82, 2.24) is 20.6 Å². The van der Waals surface area contributed by atoms with E-state index in [1.165, 1.54) is 6.92 Å². The van der Waals surface area contributed by atoms with Crippen LogP contribution in [0.5, 0.6) is 0 Å². The van der Waals surface area contributed by atoms with Crippen molar-refractivity contribution in [1.29, 1.82) is 0 Å². The van der Waals surface area contributed by atoms with Crippen LogP contribution < -0.4 is 10.6 Å². The topological polar surface area (TPSA) is 76.1 Å². The van der Waals surface area contributed by atoms with Gasteiger partial charge in [-0.25, -0.2) is 0 Å². The second-order valence-electron chi connectivity index (χ2n) is 5.56. The summed E-state index contributed by atoms with van der Waals surface area (Å²) in [7, 11) is 0. The minimum atomic E-state index is -0.305. The van der Waals surface area contributed by atoms with Gasteiger partial charge in [0.1, 0.15) is 6.61 Å². The predicted octanol–water partition coefficient (Wildman–Crippen LogP) is 2.10. The third-order valence-electron chi connectivity index (χ3n) is 3.45. The number of hydrogen-bond acceptors (Lipinski definition) is 5.